The Morgan fingerprint density at radius 3 is 1.64 bits per heavy atom. The largest absolute Gasteiger partial charge is 0.394 e. The normalized spacial score (nSPS) is 21.9. The Hall–Kier alpha value is -3.25. The fourth-order valence-electron chi connectivity index (χ4n) is 6.16. The lowest BCUT2D eigenvalue weighted by Crippen LogP contribution is -2.34. The molecule has 0 spiro atoms. The molecular formula is C33H46N2O9. The highest BCUT2D eigenvalue weighted by molar-refractivity contribution is 6.02. The molecule has 0 radical (unpaired) electrons. The number of aromatic amines is 2. The predicted octanol–water partition coefficient (Wildman–Crippen LogP) is 3.23. The molecule has 3 aliphatic carbocycles. The Bertz CT molecular complexity index is 1390. The van der Waals surface area contributed by atoms with Gasteiger partial charge in [-0.15, -0.1) is 0 Å². The first-order valence-corrected chi connectivity index (χ1v) is 14.9. The number of ketones is 4. The molecule has 1 fully saturated rings. The quantitative estimate of drug-likeness (QED) is 0.216. The molecule has 6 N–H and O–H groups in total. The van der Waals surface area contributed by atoms with Crippen molar-refractivity contribution in [2.45, 2.75) is 105 Å². The van der Waals surface area contributed by atoms with E-state index in [0.29, 0.717) is 48.9 Å². The average Bonchev–Trinajstić information content (AvgIpc) is 3.49. The number of fused-ring (bicyclic) bond motifs is 2. The van der Waals surface area contributed by atoms with Crippen molar-refractivity contribution in [1.82, 2.24) is 9.97 Å². The van der Waals surface area contributed by atoms with E-state index in [2.05, 4.69) is 23.8 Å². The zero-order chi connectivity index (χ0) is 33.2. The van der Waals surface area contributed by atoms with Gasteiger partial charge in [-0.3, -0.25) is 24.0 Å². The van der Waals surface area contributed by atoms with Crippen molar-refractivity contribution in [1.29, 1.82) is 0 Å². The molecule has 0 amide bonds. The van der Waals surface area contributed by atoms with Gasteiger partial charge in [0.1, 0.15) is 29.9 Å². The Balaban J connectivity index is 0.000000192. The molecule has 3 atom stereocenters. The topological polar surface area (TPSA) is 198 Å². The minimum absolute atomic E-state index is 0.00291. The van der Waals surface area contributed by atoms with Crippen molar-refractivity contribution < 1.29 is 44.4 Å². The number of aromatic nitrogens is 2. The van der Waals surface area contributed by atoms with Crippen LogP contribution in [0.2, 0.25) is 0 Å². The summed E-state index contributed by atoms with van der Waals surface area (Å²) in [5, 5.41) is 37.8. The predicted molar refractivity (Wildman–Crippen MR) is 162 cm³/mol. The summed E-state index contributed by atoms with van der Waals surface area (Å²) in [6.45, 7) is 11.4. The second-order valence-corrected chi connectivity index (χ2v) is 14.7. The highest BCUT2D eigenvalue weighted by atomic mass is 16.4. The van der Waals surface area contributed by atoms with Gasteiger partial charge in [0.15, 0.2) is 17.9 Å². The summed E-state index contributed by atoms with van der Waals surface area (Å²) in [6, 6.07) is 3.17. The lowest BCUT2D eigenvalue weighted by molar-refractivity contribution is -0.133. The molecule has 11 nitrogen and oxygen atoms in total. The molecule has 44 heavy (non-hydrogen) atoms. The van der Waals surface area contributed by atoms with E-state index in [9.17, 15) is 39.3 Å². The van der Waals surface area contributed by atoms with Gasteiger partial charge in [0.25, 0.3) is 0 Å². The van der Waals surface area contributed by atoms with Crippen molar-refractivity contribution in [3.8, 4) is 0 Å². The molecule has 5 rings (SSSR count). The van der Waals surface area contributed by atoms with Crippen LogP contribution in [0.15, 0.2) is 12.1 Å². The van der Waals surface area contributed by atoms with Gasteiger partial charge in [0, 0.05) is 53.9 Å². The van der Waals surface area contributed by atoms with Crippen molar-refractivity contribution in [2.24, 2.45) is 16.2 Å². The molecule has 2 heterocycles. The molecule has 2 aromatic heterocycles. The van der Waals surface area contributed by atoms with Gasteiger partial charge >= 0.3 is 0 Å². The van der Waals surface area contributed by atoms with Gasteiger partial charge in [-0.1, -0.05) is 41.5 Å². The van der Waals surface area contributed by atoms with Crippen LogP contribution >= 0.6 is 0 Å². The second kappa shape index (κ2) is 13.4. The molecule has 1 saturated carbocycles. The van der Waals surface area contributed by atoms with E-state index in [1.807, 2.05) is 27.7 Å². The lowest BCUT2D eigenvalue weighted by atomic mass is 9.76. The Labute approximate surface area is 257 Å². The number of Topliss-reactive ketones (excluding diaryl/α,β-unsaturated/α-hetero) is 4. The molecule has 0 aliphatic heterocycles. The van der Waals surface area contributed by atoms with Crippen LogP contribution in [0.1, 0.15) is 128 Å². The van der Waals surface area contributed by atoms with E-state index in [1.54, 1.807) is 6.07 Å². The number of aliphatic hydroxyl groups excluding tert-OH is 4. The minimum atomic E-state index is -1.51. The standard InChI is InChI=1S/C14H21NO5.C11H13NO2.C8H12O2/c1-14(2)4-9-7(10(17)5-14)3-8(15-9)12(19)13(20)11(18)6-16;1-11(2)4-9-8(10(14)5-11)3-7(6-13)12-9;1-8(2)4-6(9)3-7(10)5-8/h3,11-13,15-16,18-20H,4-6H2,1-2H3;3,6,12H,4-5H2,1-2H3;3-5H2,1-2H3/t11-,12-,13-;;/m1../s1. The van der Waals surface area contributed by atoms with Crippen LogP contribution in [0.5, 0.6) is 0 Å². The smallest absolute Gasteiger partial charge is 0.166 e. The third-order valence-corrected chi connectivity index (χ3v) is 8.13. The van der Waals surface area contributed by atoms with Crippen molar-refractivity contribution in [3.05, 3.63) is 46.0 Å². The first-order valence-electron chi connectivity index (χ1n) is 14.9. The zero-order valence-corrected chi connectivity index (χ0v) is 26.5. The molecular weight excluding hydrogens is 568 g/mol. The number of carbonyl (C=O) groups excluding carboxylic acids is 5. The van der Waals surface area contributed by atoms with Gasteiger partial charge in [-0.2, -0.15) is 0 Å². The number of nitrogens with one attached hydrogen (secondary N) is 2. The van der Waals surface area contributed by atoms with Gasteiger partial charge in [-0.05, 0) is 41.2 Å². The van der Waals surface area contributed by atoms with Crippen LogP contribution in [0.25, 0.3) is 0 Å². The molecule has 242 valence electrons. The van der Waals surface area contributed by atoms with Crippen LogP contribution in [-0.2, 0) is 22.4 Å². The van der Waals surface area contributed by atoms with E-state index in [1.165, 1.54) is 6.07 Å². The number of rotatable bonds is 5. The average molecular weight is 615 g/mol. The van der Waals surface area contributed by atoms with Crippen LogP contribution in [0.4, 0.5) is 0 Å². The maximum atomic E-state index is 12.0. The van der Waals surface area contributed by atoms with Crippen LogP contribution < -0.4 is 0 Å². The maximum Gasteiger partial charge on any atom is 0.166 e. The summed E-state index contributed by atoms with van der Waals surface area (Å²) in [7, 11) is 0. The van der Waals surface area contributed by atoms with E-state index in [-0.39, 0.29) is 51.5 Å². The first-order chi connectivity index (χ1) is 20.3. The Morgan fingerprint density at radius 2 is 1.18 bits per heavy atom. The number of hydrogen-bond acceptors (Lipinski definition) is 9. The number of aldehydes is 1. The first kappa shape index (κ1) is 35.2. The van der Waals surface area contributed by atoms with E-state index in [0.717, 1.165) is 24.1 Å². The third-order valence-electron chi connectivity index (χ3n) is 8.13. The van der Waals surface area contributed by atoms with Crippen LogP contribution in [0.3, 0.4) is 0 Å². The van der Waals surface area contributed by atoms with E-state index >= 15 is 0 Å². The van der Waals surface area contributed by atoms with Gasteiger partial charge in [-0.25, -0.2) is 0 Å². The number of aliphatic hydroxyl groups is 4. The summed E-state index contributed by atoms with van der Waals surface area (Å²) in [6.07, 6.45) is 0.256. The number of H-pyrrole nitrogens is 2. The van der Waals surface area contributed by atoms with E-state index in [4.69, 9.17) is 5.11 Å². The molecule has 0 bridgehead atoms. The molecule has 3 aliphatic rings. The van der Waals surface area contributed by atoms with Crippen molar-refractivity contribution >= 4 is 29.4 Å². The lowest BCUT2D eigenvalue weighted by Gasteiger charge is -2.28. The van der Waals surface area contributed by atoms with Gasteiger partial charge < -0.3 is 30.4 Å². The number of hydrogen-bond donors (Lipinski definition) is 6. The molecule has 2 aromatic rings. The monoisotopic (exact) mass is 614 g/mol. The molecule has 0 unspecified atom stereocenters. The fourth-order valence-corrected chi connectivity index (χ4v) is 6.16. The van der Waals surface area contributed by atoms with Crippen LogP contribution in [-0.4, -0.2) is 78.6 Å². The summed E-state index contributed by atoms with van der Waals surface area (Å²) in [4.78, 5) is 62.0. The molecule has 11 heteroatoms. The van der Waals surface area contributed by atoms with E-state index < -0.39 is 24.9 Å². The van der Waals surface area contributed by atoms with Gasteiger partial charge in [0.2, 0.25) is 0 Å². The number of carbonyl (C=O) groups is 5. The molecule has 0 aromatic carbocycles. The summed E-state index contributed by atoms with van der Waals surface area (Å²) >= 11 is 0. The Kier molecular flexibility index (Phi) is 10.7. The highest BCUT2D eigenvalue weighted by Gasteiger charge is 2.35. The SMILES string of the molecule is CC1(C)CC(=O)CC(=O)C1.CC1(C)CC(=O)c2cc(C=O)[nH]c2C1.CC1(C)CC(=O)c2cc([C@@H](O)[C@H](O)[C@H](O)CO)[nH]c2C1. The summed E-state index contributed by atoms with van der Waals surface area (Å²) in [5.74, 6) is 0.339. The highest BCUT2D eigenvalue weighted by Crippen LogP contribution is 2.36. The second-order valence-electron chi connectivity index (χ2n) is 14.7. The van der Waals surface area contributed by atoms with Crippen molar-refractivity contribution in [2.75, 3.05) is 6.61 Å². The molecule has 0 saturated heterocycles. The maximum absolute atomic E-state index is 12.0. The third kappa shape index (κ3) is 8.90. The summed E-state index contributed by atoms with van der Waals surface area (Å²) < 4.78 is 0. The van der Waals surface area contributed by atoms with Crippen molar-refractivity contribution in [3.63, 3.8) is 0 Å². The van der Waals surface area contributed by atoms with Crippen LogP contribution in [0, 0.1) is 16.2 Å². The zero-order valence-electron chi connectivity index (χ0n) is 26.5. The summed E-state index contributed by atoms with van der Waals surface area (Å²) in [5.41, 5.74) is 3.46. The minimum Gasteiger partial charge on any atom is -0.394 e. The van der Waals surface area contributed by atoms with Gasteiger partial charge in [0.05, 0.1) is 18.7 Å². The fraction of sp³-hybridized carbons (Fsp3) is 0.606. The Morgan fingerprint density at radius 1 is 0.727 bits per heavy atom.